The fourth-order valence-electron chi connectivity index (χ4n) is 4.15. The molecule has 2 aromatic carbocycles. The van der Waals surface area contributed by atoms with Gasteiger partial charge < -0.3 is 20.1 Å². The molecule has 0 radical (unpaired) electrons. The molecule has 5 heteroatoms. The minimum Gasteiger partial charge on any atom is -0.497 e. The summed E-state index contributed by atoms with van der Waals surface area (Å²) in [5.41, 5.74) is 4.17. The maximum absolute atomic E-state index is 9.30. The Morgan fingerprint density at radius 3 is 2.60 bits per heavy atom. The molecule has 1 fully saturated rings. The van der Waals surface area contributed by atoms with Crippen molar-refractivity contribution < 1.29 is 9.84 Å². The van der Waals surface area contributed by atoms with Gasteiger partial charge in [0.15, 0.2) is 0 Å². The molecule has 0 spiro atoms. The lowest BCUT2D eigenvalue weighted by atomic mass is 9.98. The first-order chi connectivity index (χ1) is 14.8. The zero-order valence-corrected chi connectivity index (χ0v) is 17.7. The molecular formula is C25H31N3O2. The van der Waals surface area contributed by atoms with E-state index in [-0.39, 0.29) is 0 Å². The molecule has 1 aliphatic rings. The monoisotopic (exact) mass is 405 g/mol. The second-order valence-electron chi connectivity index (χ2n) is 8.05. The second-order valence-corrected chi connectivity index (χ2v) is 8.05. The van der Waals surface area contributed by atoms with E-state index in [9.17, 15) is 5.11 Å². The highest BCUT2D eigenvalue weighted by Crippen LogP contribution is 2.29. The summed E-state index contributed by atoms with van der Waals surface area (Å²) in [6.07, 6.45) is 3.33. The quantitative estimate of drug-likeness (QED) is 0.544. The lowest BCUT2D eigenvalue weighted by Crippen LogP contribution is -2.35. The molecule has 2 heterocycles. The first-order valence-electron chi connectivity index (χ1n) is 10.9. The van der Waals surface area contributed by atoms with Crippen LogP contribution in [0.4, 0.5) is 5.69 Å². The Morgan fingerprint density at radius 1 is 1.10 bits per heavy atom. The molecule has 0 atom stereocenters. The van der Waals surface area contributed by atoms with Crippen LogP contribution in [-0.2, 0) is 0 Å². The minimum atomic E-state index is 0.334. The molecule has 1 aromatic heterocycles. The summed E-state index contributed by atoms with van der Waals surface area (Å²) in [4.78, 5) is 7.38. The predicted molar refractivity (Wildman–Crippen MR) is 123 cm³/mol. The highest BCUT2D eigenvalue weighted by atomic mass is 16.5. The van der Waals surface area contributed by atoms with Gasteiger partial charge in [0.05, 0.1) is 18.3 Å². The molecule has 4 rings (SSSR count). The van der Waals surface area contributed by atoms with E-state index in [1.54, 1.807) is 7.11 Å². The van der Waals surface area contributed by atoms with Crippen LogP contribution in [-0.4, -0.2) is 54.9 Å². The van der Waals surface area contributed by atoms with Crippen molar-refractivity contribution in [3.05, 3.63) is 54.6 Å². The fraction of sp³-hybridized carbons (Fsp3) is 0.400. The number of likely N-dealkylation sites (tertiary alicyclic amines) is 1. The molecule has 1 saturated heterocycles. The van der Waals surface area contributed by atoms with E-state index in [2.05, 4.69) is 46.6 Å². The minimum absolute atomic E-state index is 0.334. The first kappa shape index (κ1) is 20.6. The van der Waals surface area contributed by atoms with E-state index >= 15 is 0 Å². The van der Waals surface area contributed by atoms with Crippen LogP contribution in [0.5, 0.6) is 5.75 Å². The number of hydrogen-bond acceptors (Lipinski definition) is 5. The molecule has 158 valence electrons. The number of aliphatic hydroxyl groups is 1. The Morgan fingerprint density at radius 2 is 1.87 bits per heavy atom. The Balaban J connectivity index is 1.43. The number of hydrogen-bond donors (Lipinski definition) is 2. The normalized spacial score (nSPS) is 15.4. The fourth-order valence-corrected chi connectivity index (χ4v) is 4.15. The number of nitrogens with zero attached hydrogens (tertiary/aromatic N) is 2. The lowest BCUT2D eigenvalue weighted by molar-refractivity contribution is 0.131. The molecule has 0 aliphatic carbocycles. The van der Waals surface area contributed by atoms with Crippen LogP contribution in [0.2, 0.25) is 0 Å². The van der Waals surface area contributed by atoms with Crippen molar-refractivity contribution in [1.29, 1.82) is 0 Å². The van der Waals surface area contributed by atoms with Crippen molar-refractivity contribution in [2.45, 2.75) is 19.3 Å². The van der Waals surface area contributed by atoms with Gasteiger partial charge in [-0.2, -0.15) is 0 Å². The van der Waals surface area contributed by atoms with Gasteiger partial charge >= 0.3 is 0 Å². The Labute approximate surface area is 178 Å². The highest BCUT2D eigenvalue weighted by Gasteiger charge is 2.17. The molecule has 2 N–H and O–H groups in total. The number of fused-ring (bicyclic) bond motifs is 1. The summed E-state index contributed by atoms with van der Waals surface area (Å²) >= 11 is 0. The van der Waals surface area contributed by atoms with Crippen molar-refractivity contribution in [2.75, 3.05) is 45.2 Å². The molecule has 0 saturated carbocycles. The van der Waals surface area contributed by atoms with Crippen LogP contribution in [0.3, 0.4) is 0 Å². The number of piperidine rings is 1. The molecule has 0 unspecified atom stereocenters. The van der Waals surface area contributed by atoms with E-state index in [4.69, 9.17) is 9.72 Å². The van der Waals surface area contributed by atoms with Crippen LogP contribution in [0.15, 0.2) is 54.6 Å². The zero-order valence-electron chi connectivity index (χ0n) is 17.7. The predicted octanol–water partition coefficient (Wildman–Crippen LogP) is 4.42. The summed E-state index contributed by atoms with van der Waals surface area (Å²) < 4.78 is 5.28. The van der Waals surface area contributed by atoms with E-state index in [1.165, 1.54) is 0 Å². The standard InChI is InChI=1S/C25H31N3O2/c1-30-21-9-7-20(8-10-21)24-17-25(22-5-2-3-6-23(22)27-24)26-13-4-14-28-15-11-19(18-29)12-16-28/h2-3,5-10,17,19,29H,4,11-16,18H2,1H3,(H,26,27). The molecule has 30 heavy (non-hydrogen) atoms. The van der Waals surface area contributed by atoms with Gasteiger partial charge in [0.1, 0.15) is 5.75 Å². The van der Waals surface area contributed by atoms with E-state index in [0.717, 1.165) is 79.0 Å². The average molecular weight is 406 g/mol. The van der Waals surface area contributed by atoms with Gasteiger partial charge in [-0.05, 0) is 81.2 Å². The van der Waals surface area contributed by atoms with Crippen LogP contribution in [0, 0.1) is 5.92 Å². The lowest BCUT2D eigenvalue weighted by Gasteiger charge is -2.31. The largest absolute Gasteiger partial charge is 0.497 e. The van der Waals surface area contributed by atoms with Gasteiger partial charge in [0.2, 0.25) is 0 Å². The van der Waals surface area contributed by atoms with E-state index in [1.807, 2.05) is 18.2 Å². The topological polar surface area (TPSA) is 57.6 Å². The summed E-state index contributed by atoms with van der Waals surface area (Å²) in [7, 11) is 1.68. The molecule has 0 bridgehead atoms. The maximum atomic E-state index is 9.30. The van der Waals surface area contributed by atoms with Crippen LogP contribution in [0.1, 0.15) is 19.3 Å². The number of para-hydroxylation sites is 1. The molecule has 5 nitrogen and oxygen atoms in total. The van der Waals surface area contributed by atoms with Crippen molar-refractivity contribution in [3.8, 4) is 17.0 Å². The number of rotatable bonds is 8. The van der Waals surface area contributed by atoms with E-state index < -0.39 is 0 Å². The molecule has 1 aliphatic heterocycles. The number of pyridine rings is 1. The van der Waals surface area contributed by atoms with Crippen LogP contribution < -0.4 is 10.1 Å². The average Bonchev–Trinajstić information content (AvgIpc) is 2.82. The van der Waals surface area contributed by atoms with Gasteiger partial charge in [-0.1, -0.05) is 18.2 Å². The number of aliphatic hydroxyl groups excluding tert-OH is 1. The van der Waals surface area contributed by atoms with Crippen molar-refractivity contribution in [2.24, 2.45) is 5.92 Å². The third-order valence-corrected chi connectivity index (χ3v) is 6.03. The summed E-state index contributed by atoms with van der Waals surface area (Å²) in [6.45, 7) is 4.56. The highest BCUT2D eigenvalue weighted by molar-refractivity contribution is 5.93. The van der Waals surface area contributed by atoms with Gasteiger partial charge in [-0.3, -0.25) is 0 Å². The van der Waals surface area contributed by atoms with Crippen LogP contribution >= 0.6 is 0 Å². The first-order valence-corrected chi connectivity index (χ1v) is 10.9. The maximum Gasteiger partial charge on any atom is 0.118 e. The third-order valence-electron chi connectivity index (χ3n) is 6.03. The third kappa shape index (κ3) is 4.91. The molecule has 3 aromatic rings. The number of benzene rings is 2. The van der Waals surface area contributed by atoms with E-state index in [0.29, 0.717) is 12.5 Å². The number of methoxy groups -OCH3 is 1. The van der Waals surface area contributed by atoms with Crippen molar-refractivity contribution >= 4 is 16.6 Å². The molecular weight excluding hydrogens is 374 g/mol. The summed E-state index contributed by atoms with van der Waals surface area (Å²) in [6, 6.07) is 18.5. The van der Waals surface area contributed by atoms with Gasteiger partial charge in [0, 0.05) is 29.8 Å². The summed E-state index contributed by atoms with van der Waals surface area (Å²) in [5, 5.41) is 14.1. The van der Waals surface area contributed by atoms with Gasteiger partial charge in [0.25, 0.3) is 0 Å². The number of anilines is 1. The Hall–Kier alpha value is -2.63. The zero-order chi connectivity index (χ0) is 20.8. The van der Waals surface area contributed by atoms with Crippen molar-refractivity contribution in [3.63, 3.8) is 0 Å². The van der Waals surface area contributed by atoms with Crippen molar-refractivity contribution in [1.82, 2.24) is 9.88 Å². The van der Waals surface area contributed by atoms with Gasteiger partial charge in [-0.15, -0.1) is 0 Å². The number of nitrogens with one attached hydrogen (secondary N) is 1. The number of aromatic nitrogens is 1. The smallest absolute Gasteiger partial charge is 0.118 e. The second kappa shape index (κ2) is 9.92. The number of ether oxygens (including phenoxy) is 1. The molecule has 0 amide bonds. The summed E-state index contributed by atoms with van der Waals surface area (Å²) in [5.74, 6) is 1.35. The Kier molecular flexibility index (Phi) is 6.82. The van der Waals surface area contributed by atoms with Crippen LogP contribution in [0.25, 0.3) is 22.2 Å². The van der Waals surface area contributed by atoms with Gasteiger partial charge in [-0.25, -0.2) is 4.98 Å². The SMILES string of the molecule is COc1ccc(-c2cc(NCCCN3CCC(CO)CC3)c3ccccc3n2)cc1. The Bertz CT molecular complexity index is 950.